The lowest BCUT2D eigenvalue weighted by Crippen LogP contribution is -2.13. The van der Waals surface area contributed by atoms with E-state index in [0.717, 1.165) is 12.2 Å². The molecule has 0 aliphatic carbocycles. The van der Waals surface area contributed by atoms with E-state index in [1.807, 2.05) is 19.2 Å². The third-order valence-corrected chi connectivity index (χ3v) is 2.70. The Morgan fingerprint density at radius 2 is 2.07 bits per heavy atom. The normalized spacial score (nSPS) is 14.7. The molecule has 0 unspecified atom stereocenters. The summed E-state index contributed by atoms with van der Waals surface area (Å²) in [5.41, 5.74) is 1.26. The van der Waals surface area contributed by atoms with Crippen molar-refractivity contribution in [2.75, 3.05) is 7.05 Å². The minimum atomic E-state index is 0.283. The van der Waals surface area contributed by atoms with Crippen LogP contribution in [0.25, 0.3) is 0 Å². The number of rotatable bonds is 5. The highest BCUT2D eigenvalue weighted by Crippen LogP contribution is 2.20. The molecule has 1 aromatic carbocycles. The minimum absolute atomic E-state index is 0.283. The van der Waals surface area contributed by atoms with Crippen molar-refractivity contribution in [2.45, 2.75) is 39.3 Å². The van der Waals surface area contributed by atoms with Crippen molar-refractivity contribution >= 4 is 0 Å². The van der Waals surface area contributed by atoms with Gasteiger partial charge in [-0.3, -0.25) is 0 Å². The lowest BCUT2D eigenvalue weighted by atomic mass is 10.1. The number of hydrogen-bond acceptors (Lipinski definition) is 2. The third-order valence-electron chi connectivity index (χ3n) is 2.70. The van der Waals surface area contributed by atoms with Gasteiger partial charge in [0.25, 0.3) is 0 Å². The quantitative estimate of drug-likeness (QED) is 0.801. The summed E-state index contributed by atoms with van der Waals surface area (Å²) in [6.07, 6.45) is 1.32. The van der Waals surface area contributed by atoms with E-state index in [1.54, 1.807) is 0 Å². The first-order chi connectivity index (χ1) is 7.17. The molecule has 0 aliphatic heterocycles. The second-order valence-electron chi connectivity index (χ2n) is 3.92. The smallest absolute Gasteiger partial charge is 0.120 e. The molecule has 0 aromatic heterocycles. The first-order valence-electron chi connectivity index (χ1n) is 5.61. The van der Waals surface area contributed by atoms with Gasteiger partial charge in [0.05, 0.1) is 6.10 Å². The summed E-state index contributed by atoms with van der Waals surface area (Å²) < 4.78 is 5.77. The Morgan fingerprint density at radius 1 is 1.33 bits per heavy atom. The molecule has 15 heavy (non-hydrogen) atoms. The number of benzene rings is 1. The number of ether oxygens (including phenoxy) is 1. The Kier molecular flexibility index (Phi) is 4.63. The van der Waals surface area contributed by atoms with Crippen LogP contribution >= 0.6 is 0 Å². The van der Waals surface area contributed by atoms with E-state index in [0.29, 0.717) is 6.04 Å². The molecule has 0 radical (unpaired) electrons. The average molecular weight is 207 g/mol. The van der Waals surface area contributed by atoms with Crippen LogP contribution in [-0.4, -0.2) is 13.2 Å². The van der Waals surface area contributed by atoms with Gasteiger partial charge in [0, 0.05) is 6.04 Å². The molecule has 0 heterocycles. The Balaban J connectivity index is 2.74. The summed E-state index contributed by atoms with van der Waals surface area (Å²) in [6, 6.07) is 8.64. The third kappa shape index (κ3) is 3.56. The van der Waals surface area contributed by atoms with E-state index in [9.17, 15) is 0 Å². The van der Waals surface area contributed by atoms with E-state index in [2.05, 4.69) is 38.2 Å². The first kappa shape index (κ1) is 12.1. The van der Waals surface area contributed by atoms with Gasteiger partial charge in [0.2, 0.25) is 0 Å². The van der Waals surface area contributed by atoms with Crippen molar-refractivity contribution in [1.29, 1.82) is 0 Å². The van der Waals surface area contributed by atoms with Gasteiger partial charge in [-0.05, 0) is 45.0 Å². The molecule has 2 heteroatoms. The molecule has 0 fully saturated rings. The van der Waals surface area contributed by atoms with Crippen molar-refractivity contribution < 1.29 is 4.74 Å². The zero-order chi connectivity index (χ0) is 11.3. The predicted octanol–water partition coefficient (Wildman–Crippen LogP) is 3.14. The van der Waals surface area contributed by atoms with Crippen molar-refractivity contribution in [3.05, 3.63) is 29.8 Å². The standard InChI is InChI=1S/C13H21NO/c1-5-10(2)15-13-8-6-7-12(9-13)11(3)14-4/h6-11,14H,5H2,1-4H3/t10-,11-/m1/s1. The Morgan fingerprint density at radius 3 is 2.67 bits per heavy atom. The fourth-order valence-electron chi connectivity index (χ4n) is 1.34. The Hall–Kier alpha value is -1.02. The highest BCUT2D eigenvalue weighted by atomic mass is 16.5. The fourth-order valence-corrected chi connectivity index (χ4v) is 1.34. The molecule has 2 atom stereocenters. The van der Waals surface area contributed by atoms with E-state index in [1.165, 1.54) is 5.56 Å². The van der Waals surface area contributed by atoms with E-state index < -0.39 is 0 Å². The second kappa shape index (κ2) is 5.76. The molecule has 1 rings (SSSR count). The highest BCUT2D eigenvalue weighted by molar-refractivity contribution is 5.30. The van der Waals surface area contributed by atoms with E-state index in [-0.39, 0.29) is 6.10 Å². The summed E-state index contributed by atoms with van der Waals surface area (Å²) >= 11 is 0. The molecule has 0 saturated heterocycles. The van der Waals surface area contributed by atoms with E-state index >= 15 is 0 Å². The van der Waals surface area contributed by atoms with Crippen LogP contribution in [0.3, 0.4) is 0 Å². The van der Waals surface area contributed by atoms with Gasteiger partial charge in [-0.1, -0.05) is 19.1 Å². The van der Waals surface area contributed by atoms with Crippen LogP contribution in [0.2, 0.25) is 0 Å². The van der Waals surface area contributed by atoms with Gasteiger partial charge in [-0.15, -0.1) is 0 Å². The molecule has 0 saturated carbocycles. The molecule has 84 valence electrons. The molecule has 0 bridgehead atoms. The maximum absolute atomic E-state index is 5.77. The zero-order valence-corrected chi connectivity index (χ0v) is 10.1. The Labute approximate surface area is 92.6 Å². The molecule has 0 spiro atoms. The van der Waals surface area contributed by atoms with Crippen LogP contribution in [-0.2, 0) is 0 Å². The van der Waals surface area contributed by atoms with Gasteiger partial charge >= 0.3 is 0 Å². The number of nitrogens with one attached hydrogen (secondary N) is 1. The molecular weight excluding hydrogens is 186 g/mol. The summed E-state index contributed by atoms with van der Waals surface area (Å²) in [4.78, 5) is 0. The second-order valence-corrected chi connectivity index (χ2v) is 3.92. The van der Waals surface area contributed by atoms with Gasteiger partial charge in [0.15, 0.2) is 0 Å². The lowest BCUT2D eigenvalue weighted by molar-refractivity contribution is 0.217. The average Bonchev–Trinajstić information content (AvgIpc) is 2.28. The SMILES string of the molecule is CC[C@@H](C)Oc1cccc([C@@H](C)NC)c1. The monoisotopic (exact) mass is 207 g/mol. The van der Waals surface area contributed by atoms with Crippen LogP contribution in [0.4, 0.5) is 0 Å². The van der Waals surface area contributed by atoms with Crippen molar-refractivity contribution in [3.8, 4) is 5.75 Å². The summed E-state index contributed by atoms with van der Waals surface area (Å²) in [5, 5.41) is 3.22. The summed E-state index contributed by atoms with van der Waals surface area (Å²) in [6.45, 7) is 6.36. The fraction of sp³-hybridized carbons (Fsp3) is 0.538. The molecule has 1 N–H and O–H groups in total. The van der Waals surface area contributed by atoms with Gasteiger partial charge in [0.1, 0.15) is 5.75 Å². The van der Waals surface area contributed by atoms with Crippen LogP contribution in [0.5, 0.6) is 5.75 Å². The molecule has 1 aromatic rings. The maximum atomic E-state index is 5.77. The zero-order valence-electron chi connectivity index (χ0n) is 10.1. The van der Waals surface area contributed by atoms with Crippen LogP contribution in [0.15, 0.2) is 24.3 Å². The first-order valence-corrected chi connectivity index (χ1v) is 5.61. The largest absolute Gasteiger partial charge is 0.491 e. The molecule has 0 aliphatic rings. The highest BCUT2D eigenvalue weighted by Gasteiger charge is 2.05. The van der Waals surface area contributed by atoms with Crippen molar-refractivity contribution in [2.24, 2.45) is 0 Å². The van der Waals surface area contributed by atoms with Crippen molar-refractivity contribution in [1.82, 2.24) is 5.32 Å². The summed E-state index contributed by atoms with van der Waals surface area (Å²) in [5.74, 6) is 0.962. The molecule has 0 amide bonds. The summed E-state index contributed by atoms with van der Waals surface area (Å²) in [7, 11) is 1.97. The van der Waals surface area contributed by atoms with E-state index in [4.69, 9.17) is 4.74 Å². The topological polar surface area (TPSA) is 21.3 Å². The molecular formula is C13H21NO. The lowest BCUT2D eigenvalue weighted by Gasteiger charge is -2.15. The van der Waals surface area contributed by atoms with Gasteiger partial charge < -0.3 is 10.1 Å². The minimum Gasteiger partial charge on any atom is -0.491 e. The predicted molar refractivity (Wildman–Crippen MR) is 64.3 cm³/mol. The van der Waals surface area contributed by atoms with Gasteiger partial charge in [-0.2, -0.15) is 0 Å². The van der Waals surface area contributed by atoms with Crippen molar-refractivity contribution in [3.63, 3.8) is 0 Å². The maximum Gasteiger partial charge on any atom is 0.120 e. The number of hydrogen-bond donors (Lipinski definition) is 1. The van der Waals surface area contributed by atoms with Crippen LogP contribution in [0, 0.1) is 0 Å². The Bertz CT molecular complexity index is 298. The van der Waals surface area contributed by atoms with Crippen LogP contribution in [0.1, 0.15) is 38.8 Å². The van der Waals surface area contributed by atoms with Crippen LogP contribution < -0.4 is 10.1 Å². The van der Waals surface area contributed by atoms with Gasteiger partial charge in [-0.25, -0.2) is 0 Å². The molecule has 2 nitrogen and oxygen atoms in total.